The van der Waals surface area contributed by atoms with Crippen molar-refractivity contribution in [3.63, 3.8) is 0 Å². The second kappa shape index (κ2) is 8.07. The third kappa shape index (κ3) is 4.07. The Morgan fingerprint density at radius 3 is 2.54 bits per heavy atom. The molecule has 0 N–H and O–H groups in total. The van der Waals surface area contributed by atoms with E-state index < -0.39 is 4.92 Å². The predicted molar refractivity (Wildman–Crippen MR) is 107 cm³/mol. The van der Waals surface area contributed by atoms with Crippen molar-refractivity contribution in [2.75, 3.05) is 0 Å². The summed E-state index contributed by atoms with van der Waals surface area (Å²) in [5.74, 6) is -0.156. The lowest BCUT2D eigenvalue weighted by molar-refractivity contribution is -0.385. The van der Waals surface area contributed by atoms with Gasteiger partial charge in [0.05, 0.1) is 21.9 Å². The third-order valence-electron chi connectivity index (χ3n) is 3.71. The number of carbonyl (C=O) groups excluding carboxylic acids is 1. The average molecular weight is 382 g/mol. The van der Waals surface area contributed by atoms with Gasteiger partial charge in [-0.3, -0.25) is 19.8 Å². The van der Waals surface area contributed by atoms with E-state index in [1.54, 1.807) is 41.3 Å². The lowest BCUT2D eigenvalue weighted by Gasteiger charge is -2.14. The van der Waals surface area contributed by atoms with Crippen LogP contribution in [0.1, 0.15) is 11.1 Å². The fourth-order valence-corrected chi connectivity index (χ4v) is 3.66. The summed E-state index contributed by atoms with van der Waals surface area (Å²) >= 11 is 6.54. The molecule has 2 aromatic rings. The van der Waals surface area contributed by atoms with Crippen molar-refractivity contribution in [1.29, 1.82) is 0 Å². The fourth-order valence-electron chi connectivity index (χ4n) is 2.45. The van der Waals surface area contributed by atoms with Crippen molar-refractivity contribution in [2.24, 2.45) is 0 Å². The molecule has 1 heterocycles. The summed E-state index contributed by atoms with van der Waals surface area (Å²) in [7, 11) is 0. The van der Waals surface area contributed by atoms with Crippen molar-refractivity contribution < 1.29 is 9.72 Å². The van der Waals surface area contributed by atoms with Crippen LogP contribution in [-0.4, -0.2) is 20.1 Å². The molecule has 1 aliphatic rings. The first-order valence-electron chi connectivity index (χ1n) is 7.75. The van der Waals surface area contributed by atoms with Crippen LogP contribution in [0.15, 0.2) is 71.7 Å². The van der Waals surface area contributed by atoms with Crippen molar-refractivity contribution in [2.45, 2.75) is 6.54 Å². The number of thioether (sulfide) groups is 1. The lowest BCUT2D eigenvalue weighted by atomic mass is 10.1. The van der Waals surface area contributed by atoms with E-state index >= 15 is 0 Å². The van der Waals surface area contributed by atoms with Gasteiger partial charge in [-0.1, -0.05) is 72.5 Å². The number of nitro benzene ring substituents is 1. The normalized spacial score (nSPS) is 16.0. The zero-order chi connectivity index (χ0) is 18.5. The monoisotopic (exact) mass is 382 g/mol. The molecule has 1 aliphatic heterocycles. The molecule has 130 valence electrons. The topological polar surface area (TPSA) is 63.4 Å². The van der Waals surface area contributed by atoms with Gasteiger partial charge in [-0.2, -0.15) is 0 Å². The summed E-state index contributed by atoms with van der Waals surface area (Å²) in [6.45, 7) is 0.427. The minimum atomic E-state index is -0.432. The second-order valence-corrected chi connectivity index (χ2v) is 7.13. The zero-order valence-electron chi connectivity index (χ0n) is 13.6. The lowest BCUT2D eigenvalue weighted by Crippen LogP contribution is -2.27. The van der Waals surface area contributed by atoms with E-state index in [1.165, 1.54) is 17.8 Å². The summed E-state index contributed by atoms with van der Waals surface area (Å²) in [6.07, 6.45) is 4.89. The van der Waals surface area contributed by atoms with Gasteiger partial charge in [-0.25, -0.2) is 0 Å². The maximum Gasteiger partial charge on any atom is 0.276 e. The molecule has 0 unspecified atom stereocenters. The number of para-hydroxylation sites is 1. The maximum absolute atomic E-state index is 12.5. The van der Waals surface area contributed by atoms with Gasteiger partial charge in [0, 0.05) is 6.07 Å². The molecular formula is C19H14N2O3S2. The number of allylic oxidation sites excluding steroid dienone is 2. The Morgan fingerprint density at radius 1 is 1.12 bits per heavy atom. The highest BCUT2D eigenvalue weighted by Crippen LogP contribution is 2.32. The van der Waals surface area contributed by atoms with Gasteiger partial charge >= 0.3 is 0 Å². The highest BCUT2D eigenvalue weighted by Gasteiger charge is 2.31. The van der Waals surface area contributed by atoms with Crippen LogP contribution in [0, 0.1) is 10.1 Å². The van der Waals surface area contributed by atoms with Crippen LogP contribution in [0.5, 0.6) is 0 Å². The Morgan fingerprint density at radius 2 is 1.81 bits per heavy atom. The van der Waals surface area contributed by atoms with Crippen molar-refractivity contribution >= 4 is 46.0 Å². The Hall–Kier alpha value is -2.77. The number of rotatable bonds is 5. The summed E-state index contributed by atoms with van der Waals surface area (Å²) in [5, 5.41) is 11.0. The second-order valence-electron chi connectivity index (χ2n) is 5.45. The van der Waals surface area contributed by atoms with Crippen molar-refractivity contribution in [3.05, 3.63) is 92.9 Å². The molecule has 1 saturated heterocycles. The van der Waals surface area contributed by atoms with Gasteiger partial charge in [-0.05, 0) is 23.8 Å². The molecule has 0 aliphatic carbocycles. The largest absolute Gasteiger partial charge is 0.288 e. The van der Waals surface area contributed by atoms with Crippen molar-refractivity contribution in [3.8, 4) is 0 Å². The van der Waals surface area contributed by atoms with E-state index in [0.717, 1.165) is 5.56 Å². The summed E-state index contributed by atoms with van der Waals surface area (Å²) < 4.78 is 0.504. The minimum Gasteiger partial charge on any atom is -0.288 e. The van der Waals surface area contributed by atoms with Gasteiger partial charge in [-0.15, -0.1) is 0 Å². The first-order valence-corrected chi connectivity index (χ1v) is 8.98. The van der Waals surface area contributed by atoms with Crippen LogP contribution in [0.3, 0.4) is 0 Å². The molecule has 0 saturated carbocycles. The molecular weight excluding hydrogens is 368 g/mol. The summed E-state index contributed by atoms with van der Waals surface area (Å²) in [4.78, 5) is 25.2. The van der Waals surface area contributed by atoms with Crippen LogP contribution in [-0.2, 0) is 11.3 Å². The van der Waals surface area contributed by atoms with Crippen molar-refractivity contribution in [1.82, 2.24) is 4.90 Å². The number of nitrogens with zero attached hydrogens (tertiary/aromatic N) is 2. The van der Waals surface area contributed by atoms with E-state index in [0.29, 0.717) is 21.3 Å². The van der Waals surface area contributed by atoms with Crippen LogP contribution in [0.4, 0.5) is 5.69 Å². The van der Waals surface area contributed by atoms with Gasteiger partial charge < -0.3 is 0 Å². The Kier molecular flexibility index (Phi) is 5.60. The molecule has 1 fully saturated rings. The summed E-state index contributed by atoms with van der Waals surface area (Å²) in [5.41, 5.74) is 1.50. The standard InChI is InChI=1S/C19H14N2O3S2/c22-18-17(12-6-10-15-9-4-5-11-16(15)21(23)24)26-19(25)20(18)13-14-7-2-1-3-8-14/h1-12H,13H2/b10-6+,17-12?. The van der Waals surface area contributed by atoms with Crippen LogP contribution in [0.2, 0.25) is 0 Å². The van der Waals surface area contributed by atoms with Crippen LogP contribution >= 0.6 is 24.0 Å². The number of hydrogen-bond donors (Lipinski definition) is 0. The summed E-state index contributed by atoms with van der Waals surface area (Å²) in [6, 6.07) is 16.1. The van der Waals surface area contributed by atoms with E-state index in [1.807, 2.05) is 30.3 Å². The quantitative estimate of drug-likeness (QED) is 0.328. The Balaban J connectivity index is 1.75. The first kappa shape index (κ1) is 18.0. The van der Waals surface area contributed by atoms with E-state index in [9.17, 15) is 14.9 Å². The average Bonchev–Trinajstić information content (AvgIpc) is 2.90. The molecule has 5 nitrogen and oxygen atoms in total. The minimum absolute atomic E-state index is 0.0220. The van der Waals surface area contributed by atoms with E-state index in [4.69, 9.17) is 12.2 Å². The van der Waals surface area contributed by atoms with E-state index in [2.05, 4.69) is 0 Å². The van der Waals surface area contributed by atoms with Crippen LogP contribution < -0.4 is 0 Å². The number of amides is 1. The van der Waals surface area contributed by atoms with Gasteiger partial charge in [0.25, 0.3) is 11.6 Å². The Labute approximate surface area is 160 Å². The maximum atomic E-state index is 12.5. The SMILES string of the molecule is O=C1C(=C/C=C/c2ccccc2[N+](=O)[O-])SC(=S)N1Cc1ccccc1. The molecule has 1 amide bonds. The molecule has 2 aromatic carbocycles. The number of thiocarbonyl (C=S) groups is 1. The number of nitro groups is 1. The number of hydrogen-bond acceptors (Lipinski definition) is 5. The van der Waals surface area contributed by atoms with E-state index in [-0.39, 0.29) is 11.6 Å². The number of carbonyl (C=O) groups is 1. The highest BCUT2D eigenvalue weighted by molar-refractivity contribution is 8.26. The van der Waals surface area contributed by atoms with Gasteiger partial charge in [0.2, 0.25) is 0 Å². The van der Waals surface area contributed by atoms with Gasteiger partial charge in [0.1, 0.15) is 4.32 Å². The Bertz CT molecular complexity index is 923. The molecule has 3 rings (SSSR count). The molecule has 0 radical (unpaired) electrons. The number of benzene rings is 2. The smallest absolute Gasteiger partial charge is 0.276 e. The molecule has 0 spiro atoms. The third-order valence-corrected chi connectivity index (χ3v) is 5.11. The highest BCUT2D eigenvalue weighted by atomic mass is 32.2. The fraction of sp³-hybridized carbons (Fsp3) is 0.0526. The zero-order valence-corrected chi connectivity index (χ0v) is 15.2. The predicted octanol–water partition coefficient (Wildman–Crippen LogP) is 4.55. The molecule has 0 bridgehead atoms. The van der Waals surface area contributed by atoms with Gasteiger partial charge in [0.15, 0.2) is 0 Å². The molecule has 26 heavy (non-hydrogen) atoms. The molecule has 7 heteroatoms. The molecule has 0 atom stereocenters. The van der Waals surface area contributed by atoms with Crippen LogP contribution in [0.25, 0.3) is 6.08 Å². The first-order chi connectivity index (χ1) is 12.6. The molecule has 0 aromatic heterocycles.